The molecule has 1 amide bonds. The number of nitrogen functional groups attached to an aromatic ring is 1. The number of nitrogens with zero attached hydrogens (tertiary/aromatic N) is 1. The minimum absolute atomic E-state index is 0.0638. The molecule has 1 atom stereocenters. The van der Waals surface area contributed by atoms with Gasteiger partial charge in [0.25, 0.3) is 5.91 Å². The molecule has 0 aliphatic carbocycles. The van der Waals surface area contributed by atoms with Gasteiger partial charge in [0, 0.05) is 18.1 Å². The summed E-state index contributed by atoms with van der Waals surface area (Å²) in [6, 6.07) is 6.41. The van der Waals surface area contributed by atoms with E-state index in [1.165, 1.54) is 7.11 Å². The van der Waals surface area contributed by atoms with Crippen molar-refractivity contribution in [1.82, 2.24) is 10.3 Å². The molecule has 1 heterocycles. The number of aliphatic hydroxyl groups is 1. The van der Waals surface area contributed by atoms with Crippen molar-refractivity contribution >= 4 is 23.4 Å². The number of methoxy groups -OCH3 is 1. The third-order valence-electron chi connectivity index (χ3n) is 4.35. The molecule has 1 aromatic heterocycles. The molecule has 5 N–H and O–H groups in total. The second-order valence-electron chi connectivity index (χ2n) is 6.65. The van der Waals surface area contributed by atoms with Crippen LogP contribution in [-0.2, 0) is 0 Å². The van der Waals surface area contributed by atoms with E-state index in [1.54, 1.807) is 42.7 Å². The van der Waals surface area contributed by atoms with Crippen LogP contribution in [0.5, 0.6) is 5.75 Å². The van der Waals surface area contributed by atoms with Crippen molar-refractivity contribution in [2.24, 2.45) is 5.92 Å². The van der Waals surface area contributed by atoms with Gasteiger partial charge in [0.15, 0.2) is 0 Å². The number of carbonyl (C=O) groups is 1. The van der Waals surface area contributed by atoms with Gasteiger partial charge in [0.2, 0.25) is 0 Å². The minimum Gasteiger partial charge on any atom is -0.495 e. The Morgan fingerprint density at radius 2 is 2.14 bits per heavy atom. The number of allylic oxidation sites excluding steroid dienone is 1. The molecule has 28 heavy (non-hydrogen) atoms. The van der Waals surface area contributed by atoms with Gasteiger partial charge in [-0.3, -0.25) is 9.78 Å². The van der Waals surface area contributed by atoms with Crippen molar-refractivity contribution in [3.05, 3.63) is 59.4 Å². The first-order valence-electron chi connectivity index (χ1n) is 8.94. The van der Waals surface area contributed by atoms with E-state index in [2.05, 4.69) is 10.3 Å². The number of benzene rings is 1. The molecule has 0 aliphatic heterocycles. The molecule has 0 saturated carbocycles. The molecule has 0 bridgehead atoms. The highest BCUT2D eigenvalue weighted by Crippen LogP contribution is 2.30. The minimum atomic E-state index is -0.394. The molecular weight excluding hydrogens is 356 g/mol. The zero-order chi connectivity index (χ0) is 20.7. The van der Waals surface area contributed by atoms with Gasteiger partial charge in [0.1, 0.15) is 5.75 Å². The van der Waals surface area contributed by atoms with E-state index in [1.807, 2.05) is 19.9 Å². The third kappa shape index (κ3) is 4.95. The van der Waals surface area contributed by atoms with Gasteiger partial charge in [-0.15, -0.1) is 0 Å². The molecule has 148 valence electrons. The number of nitrogens with two attached hydrogens (primary N) is 1. The van der Waals surface area contributed by atoms with Crippen molar-refractivity contribution in [3.63, 3.8) is 0 Å². The van der Waals surface area contributed by atoms with Gasteiger partial charge in [-0.05, 0) is 35.8 Å². The Kier molecular flexibility index (Phi) is 7.28. The van der Waals surface area contributed by atoms with Gasteiger partial charge >= 0.3 is 0 Å². The summed E-state index contributed by atoms with van der Waals surface area (Å²) < 4.78 is 5.44. The Morgan fingerprint density at radius 3 is 2.71 bits per heavy atom. The smallest absolute Gasteiger partial charge is 0.255 e. The molecule has 2 aromatic rings. The van der Waals surface area contributed by atoms with Crippen LogP contribution in [0, 0.1) is 11.3 Å². The van der Waals surface area contributed by atoms with Gasteiger partial charge in [0.05, 0.1) is 36.6 Å². The van der Waals surface area contributed by atoms with Crippen LogP contribution in [-0.4, -0.2) is 41.5 Å². The summed E-state index contributed by atoms with van der Waals surface area (Å²) in [5, 5.41) is 20.7. The van der Waals surface area contributed by atoms with Gasteiger partial charge in [-0.2, -0.15) is 0 Å². The van der Waals surface area contributed by atoms with Crippen LogP contribution < -0.4 is 15.8 Å². The molecule has 0 radical (unpaired) electrons. The first-order chi connectivity index (χ1) is 13.4. The molecule has 7 heteroatoms. The highest BCUT2D eigenvalue weighted by Gasteiger charge is 2.23. The Balaban J connectivity index is 2.37. The summed E-state index contributed by atoms with van der Waals surface area (Å²) in [6.45, 7) is 3.65. The van der Waals surface area contributed by atoms with Crippen molar-refractivity contribution in [1.29, 1.82) is 5.41 Å². The van der Waals surface area contributed by atoms with Crippen LogP contribution in [0.25, 0.3) is 6.08 Å². The van der Waals surface area contributed by atoms with E-state index in [9.17, 15) is 9.90 Å². The number of hydrogen-bond donors (Lipinski definition) is 4. The zero-order valence-corrected chi connectivity index (χ0v) is 16.3. The molecule has 0 aliphatic rings. The van der Waals surface area contributed by atoms with Crippen molar-refractivity contribution in [3.8, 4) is 5.75 Å². The fourth-order valence-electron chi connectivity index (χ4n) is 2.67. The molecular formula is C21H26N4O3. The monoisotopic (exact) mass is 382 g/mol. The number of anilines is 1. The lowest BCUT2D eigenvalue weighted by Gasteiger charge is -2.21. The Labute approximate surface area is 164 Å². The topological polar surface area (TPSA) is 121 Å². The summed E-state index contributed by atoms with van der Waals surface area (Å²) >= 11 is 0. The summed E-state index contributed by atoms with van der Waals surface area (Å²) in [4.78, 5) is 16.8. The highest BCUT2D eigenvalue weighted by atomic mass is 16.5. The van der Waals surface area contributed by atoms with Crippen molar-refractivity contribution in [2.75, 3.05) is 19.5 Å². The lowest BCUT2D eigenvalue weighted by Crippen LogP contribution is -2.41. The van der Waals surface area contributed by atoms with E-state index in [0.717, 1.165) is 5.56 Å². The predicted octanol–water partition coefficient (Wildman–Crippen LogP) is 2.50. The SMILES string of the molecule is COc1c(C(=O)NC(CO)C(C)C)ccc(N)c1C(=N)/C=C/c1cccnc1. The van der Waals surface area contributed by atoms with Gasteiger partial charge < -0.3 is 26.3 Å². The van der Waals surface area contributed by atoms with Crippen LogP contribution >= 0.6 is 0 Å². The second-order valence-corrected chi connectivity index (χ2v) is 6.65. The number of nitrogens with one attached hydrogen (secondary N) is 2. The molecule has 1 aromatic carbocycles. The number of aromatic nitrogens is 1. The first-order valence-corrected chi connectivity index (χ1v) is 8.94. The molecule has 0 saturated heterocycles. The Morgan fingerprint density at radius 1 is 1.39 bits per heavy atom. The van der Waals surface area contributed by atoms with E-state index in [0.29, 0.717) is 11.3 Å². The summed E-state index contributed by atoms with van der Waals surface area (Å²) in [5.41, 5.74) is 7.93. The van der Waals surface area contributed by atoms with E-state index < -0.39 is 5.91 Å². The largest absolute Gasteiger partial charge is 0.495 e. The number of carbonyl (C=O) groups excluding carboxylic acids is 1. The molecule has 7 nitrogen and oxygen atoms in total. The fourth-order valence-corrected chi connectivity index (χ4v) is 2.67. The third-order valence-corrected chi connectivity index (χ3v) is 4.35. The number of pyridine rings is 1. The lowest BCUT2D eigenvalue weighted by molar-refractivity contribution is 0.0894. The van der Waals surface area contributed by atoms with E-state index in [4.69, 9.17) is 15.9 Å². The van der Waals surface area contributed by atoms with Gasteiger partial charge in [-0.25, -0.2) is 0 Å². The average molecular weight is 382 g/mol. The summed E-state index contributed by atoms with van der Waals surface area (Å²) in [6.07, 6.45) is 6.66. The number of rotatable bonds is 8. The summed E-state index contributed by atoms with van der Waals surface area (Å²) in [5.74, 6) is -0.109. The number of hydrogen-bond acceptors (Lipinski definition) is 6. The number of aliphatic hydroxyl groups excluding tert-OH is 1. The predicted molar refractivity (Wildman–Crippen MR) is 111 cm³/mol. The van der Waals surface area contributed by atoms with Crippen LogP contribution in [0.3, 0.4) is 0 Å². The average Bonchev–Trinajstić information content (AvgIpc) is 2.70. The fraction of sp³-hybridized carbons (Fsp3) is 0.286. The maximum atomic E-state index is 12.7. The molecule has 2 rings (SSSR count). The zero-order valence-electron chi connectivity index (χ0n) is 16.3. The van der Waals surface area contributed by atoms with Gasteiger partial charge in [-0.1, -0.05) is 26.0 Å². The van der Waals surface area contributed by atoms with Crippen molar-refractivity contribution in [2.45, 2.75) is 19.9 Å². The highest BCUT2D eigenvalue weighted by molar-refractivity contribution is 6.15. The second kappa shape index (κ2) is 9.66. The van der Waals surface area contributed by atoms with Crippen LogP contribution in [0.15, 0.2) is 42.7 Å². The normalized spacial score (nSPS) is 12.2. The number of amides is 1. The standard InChI is InChI=1S/C21H26N4O3/c1-13(2)18(12-26)25-21(27)15-7-9-17(23)19(20(15)28-3)16(22)8-6-14-5-4-10-24-11-14/h4-11,13,18,22,26H,12,23H2,1-3H3,(H,25,27)/b8-6+,22-16?. The summed E-state index contributed by atoms with van der Waals surface area (Å²) in [7, 11) is 1.43. The Bertz CT molecular complexity index is 863. The van der Waals surface area contributed by atoms with E-state index in [-0.39, 0.29) is 35.6 Å². The molecule has 1 unspecified atom stereocenters. The quantitative estimate of drug-likeness (QED) is 0.413. The molecule has 0 fully saturated rings. The maximum absolute atomic E-state index is 12.7. The number of ether oxygens (including phenoxy) is 1. The molecule has 0 spiro atoms. The maximum Gasteiger partial charge on any atom is 0.255 e. The van der Waals surface area contributed by atoms with E-state index >= 15 is 0 Å². The van der Waals surface area contributed by atoms with Crippen LogP contribution in [0.2, 0.25) is 0 Å². The first kappa shape index (κ1) is 21.1. The van der Waals surface area contributed by atoms with Crippen LogP contribution in [0.4, 0.5) is 5.69 Å². The van der Waals surface area contributed by atoms with Crippen LogP contribution in [0.1, 0.15) is 35.3 Å². The lowest BCUT2D eigenvalue weighted by atomic mass is 9.99. The Hall–Kier alpha value is -3.19. The van der Waals surface area contributed by atoms with Crippen molar-refractivity contribution < 1.29 is 14.6 Å².